The van der Waals surface area contributed by atoms with E-state index < -0.39 is 0 Å². The molecule has 4 rings (SSSR count). The van der Waals surface area contributed by atoms with E-state index in [1.165, 1.54) is 0 Å². The molecule has 2 aromatic carbocycles. The monoisotopic (exact) mass is 431 g/mol. The Morgan fingerprint density at radius 3 is 2.52 bits per heavy atom. The van der Waals surface area contributed by atoms with Crippen molar-refractivity contribution in [3.8, 4) is 5.75 Å². The Hall–Kier alpha value is -2.09. The van der Waals surface area contributed by atoms with E-state index >= 15 is 0 Å². The van der Waals surface area contributed by atoms with Crippen molar-refractivity contribution in [2.24, 2.45) is 5.73 Å². The number of methoxy groups -OCH3 is 1. The molecule has 1 unspecified atom stereocenters. The summed E-state index contributed by atoms with van der Waals surface area (Å²) in [6.45, 7) is 4.69. The second kappa shape index (κ2) is 8.73. The van der Waals surface area contributed by atoms with Gasteiger partial charge in [-0.3, -0.25) is 4.90 Å². The fourth-order valence-electron chi connectivity index (χ4n) is 3.58. The van der Waals surface area contributed by atoms with E-state index in [1.807, 2.05) is 36.4 Å². The molecule has 0 saturated carbocycles. The fourth-order valence-corrected chi connectivity index (χ4v) is 3.58. The highest BCUT2D eigenvalue weighted by Crippen LogP contribution is 2.28. The van der Waals surface area contributed by atoms with Crippen molar-refractivity contribution in [3.63, 3.8) is 0 Å². The lowest BCUT2D eigenvalue weighted by molar-refractivity contribution is 0.240. The van der Waals surface area contributed by atoms with Crippen molar-refractivity contribution in [3.05, 3.63) is 54.4 Å². The number of nitrogens with zero attached hydrogens (tertiary/aromatic N) is 3. The van der Waals surface area contributed by atoms with Gasteiger partial charge < -0.3 is 20.4 Å². The van der Waals surface area contributed by atoms with Gasteiger partial charge in [0, 0.05) is 32.7 Å². The first-order valence-corrected chi connectivity index (χ1v) is 9.05. The van der Waals surface area contributed by atoms with E-state index in [1.54, 1.807) is 7.11 Å². The SMILES string of the molecule is Br.COc1ccccc1N1CCN(CC(N)c2nc3ccccc3[nH]2)CC1. The van der Waals surface area contributed by atoms with E-state index in [0.717, 1.165) is 61.0 Å². The molecule has 1 saturated heterocycles. The molecule has 0 amide bonds. The summed E-state index contributed by atoms with van der Waals surface area (Å²) in [6, 6.07) is 16.1. The minimum atomic E-state index is -0.111. The van der Waals surface area contributed by atoms with Gasteiger partial charge in [0.25, 0.3) is 0 Å². The molecule has 1 aliphatic heterocycles. The quantitative estimate of drug-likeness (QED) is 0.649. The lowest BCUT2D eigenvalue weighted by atomic mass is 10.2. The number of hydrogen-bond acceptors (Lipinski definition) is 5. The topological polar surface area (TPSA) is 70.4 Å². The maximum atomic E-state index is 6.41. The number of fused-ring (bicyclic) bond motifs is 1. The molecular formula is C20H26BrN5O. The Labute approximate surface area is 170 Å². The number of nitrogens with two attached hydrogens (primary N) is 1. The van der Waals surface area contributed by atoms with Crippen molar-refractivity contribution < 1.29 is 4.74 Å². The van der Waals surface area contributed by atoms with Crippen LogP contribution in [0.3, 0.4) is 0 Å². The fraction of sp³-hybridized carbons (Fsp3) is 0.350. The number of hydrogen-bond donors (Lipinski definition) is 2. The lowest BCUT2D eigenvalue weighted by Gasteiger charge is -2.37. The number of H-pyrrole nitrogens is 1. The van der Waals surface area contributed by atoms with E-state index in [2.05, 4.69) is 31.9 Å². The Kier molecular flexibility index (Phi) is 6.36. The molecule has 1 aromatic heterocycles. The first kappa shape index (κ1) is 19.7. The van der Waals surface area contributed by atoms with Crippen LogP contribution in [0.4, 0.5) is 5.69 Å². The van der Waals surface area contributed by atoms with Crippen molar-refractivity contribution in [2.75, 3.05) is 44.7 Å². The van der Waals surface area contributed by atoms with Gasteiger partial charge in [0.15, 0.2) is 0 Å². The molecule has 27 heavy (non-hydrogen) atoms. The van der Waals surface area contributed by atoms with Gasteiger partial charge in [0.2, 0.25) is 0 Å². The number of piperazine rings is 1. The van der Waals surface area contributed by atoms with Crippen LogP contribution in [0.25, 0.3) is 11.0 Å². The number of nitrogens with one attached hydrogen (secondary N) is 1. The van der Waals surface area contributed by atoms with Gasteiger partial charge in [-0.15, -0.1) is 17.0 Å². The van der Waals surface area contributed by atoms with E-state index in [4.69, 9.17) is 10.5 Å². The third kappa shape index (κ3) is 4.26. The Morgan fingerprint density at radius 2 is 1.78 bits per heavy atom. The number of aromatic nitrogens is 2. The molecule has 3 N–H and O–H groups in total. The van der Waals surface area contributed by atoms with Crippen LogP contribution in [0, 0.1) is 0 Å². The third-order valence-electron chi connectivity index (χ3n) is 5.01. The van der Waals surface area contributed by atoms with Gasteiger partial charge in [-0.05, 0) is 24.3 Å². The molecule has 7 heteroatoms. The molecule has 0 radical (unpaired) electrons. The number of benzene rings is 2. The van der Waals surface area contributed by atoms with E-state index in [-0.39, 0.29) is 23.0 Å². The zero-order chi connectivity index (χ0) is 17.9. The average molecular weight is 432 g/mol. The summed E-state index contributed by atoms with van der Waals surface area (Å²) in [5, 5.41) is 0. The molecule has 1 fully saturated rings. The Bertz CT molecular complexity index is 842. The maximum Gasteiger partial charge on any atom is 0.142 e. The van der Waals surface area contributed by atoms with Crippen LogP contribution in [-0.4, -0.2) is 54.7 Å². The highest BCUT2D eigenvalue weighted by molar-refractivity contribution is 8.93. The molecule has 3 aromatic rings. The van der Waals surface area contributed by atoms with Crippen molar-refractivity contribution >= 4 is 33.7 Å². The maximum absolute atomic E-state index is 6.41. The minimum Gasteiger partial charge on any atom is -0.495 e. The normalized spacial score (nSPS) is 16.1. The number of halogens is 1. The first-order chi connectivity index (χ1) is 12.7. The third-order valence-corrected chi connectivity index (χ3v) is 5.01. The molecule has 144 valence electrons. The Balaban J connectivity index is 0.00000210. The Morgan fingerprint density at radius 1 is 1.07 bits per heavy atom. The summed E-state index contributed by atoms with van der Waals surface area (Å²) >= 11 is 0. The summed E-state index contributed by atoms with van der Waals surface area (Å²) in [4.78, 5) is 12.8. The molecular weight excluding hydrogens is 406 g/mol. The van der Waals surface area contributed by atoms with Crippen LogP contribution in [0.2, 0.25) is 0 Å². The van der Waals surface area contributed by atoms with Crippen LogP contribution in [0.5, 0.6) is 5.75 Å². The first-order valence-electron chi connectivity index (χ1n) is 9.05. The molecule has 0 spiro atoms. The second-order valence-corrected chi connectivity index (χ2v) is 6.71. The van der Waals surface area contributed by atoms with E-state index in [0.29, 0.717) is 0 Å². The van der Waals surface area contributed by atoms with Gasteiger partial charge in [0.05, 0.1) is 29.9 Å². The highest BCUT2D eigenvalue weighted by atomic mass is 79.9. The van der Waals surface area contributed by atoms with Crippen molar-refractivity contribution in [1.29, 1.82) is 0 Å². The van der Waals surface area contributed by atoms with Crippen LogP contribution >= 0.6 is 17.0 Å². The number of anilines is 1. The van der Waals surface area contributed by atoms with Gasteiger partial charge in [-0.1, -0.05) is 24.3 Å². The molecule has 1 aliphatic rings. The predicted octanol–water partition coefficient (Wildman–Crippen LogP) is 2.97. The number of aromatic amines is 1. The number of imidazole rings is 1. The van der Waals surface area contributed by atoms with Crippen LogP contribution < -0.4 is 15.4 Å². The van der Waals surface area contributed by atoms with Gasteiger partial charge in [0.1, 0.15) is 11.6 Å². The predicted molar refractivity (Wildman–Crippen MR) is 115 cm³/mol. The van der Waals surface area contributed by atoms with Gasteiger partial charge >= 0.3 is 0 Å². The number of rotatable bonds is 5. The van der Waals surface area contributed by atoms with Gasteiger partial charge in [-0.2, -0.15) is 0 Å². The summed E-state index contributed by atoms with van der Waals surface area (Å²) in [6.07, 6.45) is 0. The van der Waals surface area contributed by atoms with Crippen molar-refractivity contribution in [2.45, 2.75) is 6.04 Å². The molecule has 6 nitrogen and oxygen atoms in total. The zero-order valence-corrected chi connectivity index (χ0v) is 17.2. The number of para-hydroxylation sites is 4. The van der Waals surface area contributed by atoms with E-state index in [9.17, 15) is 0 Å². The molecule has 0 aliphatic carbocycles. The smallest absolute Gasteiger partial charge is 0.142 e. The summed E-state index contributed by atoms with van der Waals surface area (Å²) < 4.78 is 5.49. The minimum absolute atomic E-state index is 0. The lowest BCUT2D eigenvalue weighted by Crippen LogP contribution is -2.48. The summed E-state index contributed by atoms with van der Waals surface area (Å²) in [7, 11) is 1.72. The molecule has 0 bridgehead atoms. The van der Waals surface area contributed by atoms with Crippen LogP contribution in [-0.2, 0) is 0 Å². The molecule has 1 atom stereocenters. The highest BCUT2D eigenvalue weighted by Gasteiger charge is 2.22. The van der Waals surface area contributed by atoms with Crippen molar-refractivity contribution in [1.82, 2.24) is 14.9 Å². The van der Waals surface area contributed by atoms with Crippen LogP contribution in [0.1, 0.15) is 11.9 Å². The summed E-state index contributed by atoms with van der Waals surface area (Å²) in [5.41, 5.74) is 9.59. The largest absolute Gasteiger partial charge is 0.495 e. The van der Waals surface area contributed by atoms with Crippen LogP contribution in [0.15, 0.2) is 48.5 Å². The second-order valence-electron chi connectivity index (χ2n) is 6.71. The average Bonchev–Trinajstić information content (AvgIpc) is 3.13. The number of ether oxygens (including phenoxy) is 1. The zero-order valence-electron chi connectivity index (χ0n) is 15.5. The standard InChI is InChI=1S/C20H25N5O.BrH/c1-26-19-9-5-4-8-18(19)25-12-10-24(11-13-25)14-15(21)20-22-16-6-2-3-7-17(16)23-20;/h2-9,15H,10-14,21H2,1H3,(H,22,23);1H. The van der Waals surface area contributed by atoms with Gasteiger partial charge in [-0.25, -0.2) is 4.98 Å². The molecule has 2 heterocycles. The summed E-state index contributed by atoms with van der Waals surface area (Å²) in [5.74, 6) is 1.79.